The van der Waals surface area contributed by atoms with Gasteiger partial charge in [0.2, 0.25) is 5.75 Å². The lowest BCUT2D eigenvalue weighted by atomic mass is 10.1. The first-order valence-corrected chi connectivity index (χ1v) is 8.19. The molecule has 0 radical (unpaired) electrons. The number of phenols is 2. The minimum absolute atomic E-state index is 0.102. The van der Waals surface area contributed by atoms with Crippen LogP contribution >= 0.6 is 0 Å². The van der Waals surface area contributed by atoms with Crippen LogP contribution in [0.1, 0.15) is 18.6 Å². The van der Waals surface area contributed by atoms with Gasteiger partial charge in [-0.1, -0.05) is 0 Å². The first-order valence-electron chi connectivity index (χ1n) is 8.19. The van der Waals surface area contributed by atoms with E-state index in [1.165, 1.54) is 25.3 Å². The highest BCUT2D eigenvalue weighted by atomic mass is 16.5. The molecule has 0 heterocycles. The molecule has 0 bridgehead atoms. The zero-order valence-electron chi connectivity index (χ0n) is 15.4. The monoisotopic (exact) mass is 363 g/mol. The highest BCUT2D eigenvalue weighted by Gasteiger charge is 2.19. The highest BCUT2D eigenvalue weighted by Crippen LogP contribution is 2.41. The van der Waals surface area contributed by atoms with Gasteiger partial charge >= 0.3 is 0 Å². The molecule has 7 nitrogen and oxygen atoms in total. The minimum Gasteiger partial charge on any atom is -0.508 e. The van der Waals surface area contributed by atoms with Gasteiger partial charge < -0.3 is 34.4 Å². The summed E-state index contributed by atoms with van der Waals surface area (Å²) < 4.78 is 16.1. The summed E-state index contributed by atoms with van der Waals surface area (Å²) in [5, 5.41) is 29.8. The molecule has 142 valence electrons. The van der Waals surface area contributed by atoms with Crippen LogP contribution in [0.2, 0.25) is 0 Å². The third-order valence-electron chi connectivity index (χ3n) is 4.10. The van der Waals surface area contributed by atoms with Gasteiger partial charge in [0.1, 0.15) is 11.5 Å². The van der Waals surface area contributed by atoms with Crippen molar-refractivity contribution in [1.82, 2.24) is 0 Å². The van der Waals surface area contributed by atoms with Crippen molar-refractivity contribution in [1.29, 1.82) is 0 Å². The number of hydrogen-bond donors (Lipinski definition) is 3. The van der Waals surface area contributed by atoms with E-state index < -0.39 is 6.10 Å². The van der Waals surface area contributed by atoms with E-state index in [9.17, 15) is 15.3 Å². The number of aromatic hydroxyl groups is 2. The van der Waals surface area contributed by atoms with E-state index in [1.54, 1.807) is 26.4 Å². The molecule has 0 saturated carbocycles. The molecule has 7 heteroatoms. The number of ether oxygens (including phenoxy) is 3. The van der Waals surface area contributed by atoms with Gasteiger partial charge in [-0.25, -0.2) is 0 Å². The molecule has 2 aromatic carbocycles. The Morgan fingerprint density at radius 3 is 1.85 bits per heavy atom. The predicted octanol–water partition coefficient (Wildman–Crippen LogP) is 2.68. The maximum Gasteiger partial charge on any atom is 0.203 e. The van der Waals surface area contributed by atoms with Gasteiger partial charge in [0.05, 0.1) is 27.4 Å². The molecule has 0 aliphatic carbocycles. The largest absolute Gasteiger partial charge is 0.508 e. The molecule has 0 spiro atoms. The lowest BCUT2D eigenvalue weighted by Gasteiger charge is -2.27. The summed E-state index contributed by atoms with van der Waals surface area (Å²) in [4.78, 5) is 1.93. The van der Waals surface area contributed by atoms with Gasteiger partial charge in [-0.3, -0.25) is 0 Å². The second-order valence-electron chi connectivity index (χ2n) is 5.72. The summed E-state index contributed by atoms with van der Waals surface area (Å²) >= 11 is 0. The van der Waals surface area contributed by atoms with Crippen molar-refractivity contribution in [2.75, 3.05) is 39.3 Å². The summed E-state index contributed by atoms with van der Waals surface area (Å²) in [6, 6.07) is 7.67. The number of methoxy groups -OCH3 is 3. The first kappa shape index (κ1) is 19.5. The molecule has 2 aromatic rings. The van der Waals surface area contributed by atoms with Crippen molar-refractivity contribution < 1.29 is 29.5 Å². The van der Waals surface area contributed by atoms with E-state index >= 15 is 0 Å². The minimum atomic E-state index is -0.910. The Morgan fingerprint density at radius 2 is 1.42 bits per heavy atom. The van der Waals surface area contributed by atoms with E-state index in [1.807, 2.05) is 11.8 Å². The van der Waals surface area contributed by atoms with E-state index in [4.69, 9.17) is 14.2 Å². The lowest BCUT2D eigenvalue weighted by molar-refractivity contribution is 0.183. The Morgan fingerprint density at radius 1 is 0.885 bits per heavy atom. The van der Waals surface area contributed by atoms with Crippen molar-refractivity contribution in [3.63, 3.8) is 0 Å². The smallest absolute Gasteiger partial charge is 0.203 e. The molecule has 0 saturated heterocycles. The Bertz CT molecular complexity index is 704. The van der Waals surface area contributed by atoms with Crippen LogP contribution in [-0.2, 0) is 0 Å². The van der Waals surface area contributed by atoms with E-state index in [2.05, 4.69) is 0 Å². The zero-order chi connectivity index (χ0) is 19.3. The van der Waals surface area contributed by atoms with Crippen molar-refractivity contribution in [3.8, 4) is 28.7 Å². The summed E-state index contributed by atoms with van der Waals surface area (Å²) in [7, 11) is 4.62. The molecule has 1 atom stereocenters. The SMILES string of the molecule is CCN(CC(O)c1cc(O)cc(O)c1)c1cc(OC)c(OC)c(OC)c1. The van der Waals surface area contributed by atoms with Crippen molar-refractivity contribution in [2.24, 2.45) is 0 Å². The standard InChI is InChI=1S/C19H25NO6/c1-5-20(11-16(23)12-6-14(21)10-15(22)7-12)13-8-17(24-2)19(26-4)18(9-13)25-3/h6-10,16,21-23H,5,11H2,1-4H3. The highest BCUT2D eigenvalue weighted by molar-refractivity contribution is 5.63. The van der Waals surface area contributed by atoms with Crippen molar-refractivity contribution in [3.05, 3.63) is 35.9 Å². The number of aliphatic hydroxyl groups excluding tert-OH is 1. The number of anilines is 1. The van der Waals surface area contributed by atoms with Gasteiger partial charge in [-0.15, -0.1) is 0 Å². The van der Waals surface area contributed by atoms with E-state index in [0.29, 0.717) is 29.4 Å². The van der Waals surface area contributed by atoms with Crippen molar-refractivity contribution >= 4 is 5.69 Å². The number of likely N-dealkylation sites (N-methyl/N-ethyl adjacent to an activating group) is 1. The van der Waals surface area contributed by atoms with Crippen LogP contribution in [0, 0.1) is 0 Å². The van der Waals surface area contributed by atoms with Gasteiger partial charge in [-0.05, 0) is 24.6 Å². The number of benzene rings is 2. The van der Waals surface area contributed by atoms with Crippen LogP contribution in [0.4, 0.5) is 5.69 Å². The van der Waals surface area contributed by atoms with Crippen LogP contribution in [0.15, 0.2) is 30.3 Å². The van der Waals surface area contributed by atoms with Gasteiger partial charge in [0.15, 0.2) is 11.5 Å². The first-order chi connectivity index (χ1) is 12.4. The fraction of sp³-hybridized carbons (Fsp3) is 0.368. The van der Waals surface area contributed by atoms with Crippen LogP contribution in [0.25, 0.3) is 0 Å². The molecular weight excluding hydrogens is 338 g/mol. The predicted molar refractivity (Wildman–Crippen MR) is 98.7 cm³/mol. The lowest BCUT2D eigenvalue weighted by Crippen LogP contribution is -2.28. The van der Waals surface area contributed by atoms with Crippen LogP contribution in [0.5, 0.6) is 28.7 Å². The average Bonchev–Trinajstić information content (AvgIpc) is 2.63. The Balaban J connectivity index is 2.33. The Hall–Kier alpha value is -2.80. The molecule has 0 fully saturated rings. The fourth-order valence-corrected chi connectivity index (χ4v) is 2.79. The molecule has 0 aliphatic heterocycles. The molecule has 0 amide bonds. The molecule has 2 rings (SSSR count). The maximum absolute atomic E-state index is 10.5. The molecule has 0 aromatic heterocycles. The maximum atomic E-state index is 10.5. The second kappa shape index (κ2) is 8.53. The average molecular weight is 363 g/mol. The van der Waals surface area contributed by atoms with Gasteiger partial charge in [0.25, 0.3) is 0 Å². The molecule has 26 heavy (non-hydrogen) atoms. The normalized spacial score (nSPS) is 11.7. The van der Waals surface area contributed by atoms with Crippen molar-refractivity contribution in [2.45, 2.75) is 13.0 Å². The topological polar surface area (TPSA) is 91.6 Å². The number of hydrogen-bond acceptors (Lipinski definition) is 7. The summed E-state index contributed by atoms with van der Waals surface area (Å²) in [5.74, 6) is 1.33. The number of aliphatic hydroxyl groups is 1. The summed E-state index contributed by atoms with van der Waals surface area (Å²) in [6.45, 7) is 2.81. The molecule has 1 unspecified atom stereocenters. The summed E-state index contributed by atoms with van der Waals surface area (Å²) in [5.41, 5.74) is 1.21. The molecule has 3 N–H and O–H groups in total. The number of rotatable bonds is 8. The third kappa shape index (κ3) is 4.23. The second-order valence-corrected chi connectivity index (χ2v) is 5.72. The van der Waals surface area contributed by atoms with Crippen LogP contribution in [-0.4, -0.2) is 49.7 Å². The van der Waals surface area contributed by atoms with E-state index in [0.717, 1.165) is 5.69 Å². The zero-order valence-corrected chi connectivity index (χ0v) is 15.4. The Kier molecular flexibility index (Phi) is 6.41. The quantitative estimate of drug-likeness (QED) is 0.664. The fourth-order valence-electron chi connectivity index (χ4n) is 2.79. The molecular formula is C19H25NO6. The van der Waals surface area contributed by atoms with E-state index in [-0.39, 0.29) is 18.0 Å². The van der Waals surface area contributed by atoms with Gasteiger partial charge in [0, 0.05) is 37.0 Å². The Labute approximate surface area is 153 Å². The van der Waals surface area contributed by atoms with Gasteiger partial charge in [-0.2, -0.15) is 0 Å². The van der Waals surface area contributed by atoms with Crippen LogP contribution < -0.4 is 19.1 Å². The third-order valence-corrected chi connectivity index (χ3v) is 4.10. The number of phenolic OH excluding ortho intramolecular Hbond substituents is 2. The van der Waals surface area contributed by atoms with Crippen LogP contribution in [0.3, 0.4) is 0 Å². The summed E-state index contributed by atoms with van der Waals surface area (Å²) in [6.07, 6.45) is -0.910. The number of nitrogens with zero attached hydrogens (tertiary/aromatic N) is 1. The molecule has 0 aliphatic rings.